The van der Waals surface area contributed by atoms with Crippen molar-refractivity contribution in [3.8, 4) is 0 Å². The van der Waals surface area contributed by atoms with Gasteiger partial charge in [-0.3, -0.25) is 9.59 Å². The summed E-state index contributed by atoms with van der Waals surface area (Å²) in [4.78, 5) is 25.0. The lowest BCUT2D eigenvalue weighted by Crippen LogP contribution is -2.60. The molecule has 2 amide bonds. The van der Waals surface area contributed by atoms with Crippen LogP contribution in [-0.4, -0.2) is 23.1 Å². The minimum atomic E-state index is -0.226. The van der Waals surface area contributed by atoms with Gasteiger partial charge in [-0.1, -0.05) is 6.07 Å². The molecule has 1 heterocycles. The predicted molar refractivity (Wildman–Crippen MR) is 98.6 cm³/mol. The molecule has 1 aromatic heterocycles. The third-order valence-electron chi connectivity index (χ3n) is 5.95. The molecule has 0 aliphatic heterocycles. The summed E-state index contributed by atoms with van der Waals surface area (Å²) < 4.78 is 0. The Kier molecular flexibility index (Phi) is 4.40. The van der Waals surface area contributed by atoms with Gasteiger partial charge in [-0.25, -0.2) is 5.43 Å². The Hall–Kier alpha value is -1.69. The first-order valence-corrected chi connectivity index (χ1v) is 10.1. The molecule has 0 radical (unpaired) electrons. The van der Waals surface area contributed by atoms with Gasteiger partial charge in [0.05, 0.1) is 11.3 Å². The van der Waals surface area contributed by atoms with Crippen LogP contribution in [0.15, 0.2) is 22.6 Å². The molecule has 25 heavy (non-hydrogen) atoms. The fourth-order valence-electron chi connectivity index (χ4n) is 5.48. The summed E-state index contributed by atoms with van der Waals surface area (Å²) in [6.45, 7) is 1.79. The summed E-state index contributed by atoms with van der Waals surface area (Å²) in [5.74, 6) is 2.24. The summed E-state index contributed by atoms with van der Waals surface area (Å²) in [7, 11) is 0. The number of rotatable bonds is 5. The van der Waals surface area contributed by atoms with Crippen LogP contribution >= 0.6 is 11.3 Å². The monoisotopic (exact) mass is 359 g/mol. The highest BCUT2D eigenvalue weighted by Crippen LogP contribution is 2.55. The zero-order valence-corrected chi connectivity index (χ0v) is 15.4. The first kappa shape index (κ1) is 16.8. The maximum absolute atomic E-state index is 12.5. The van der Waals surface area contributed by atoms with Crippen molar-refractivity contribution in [2.75, 3.05) is 0 Å². The lowest BCUT2D eigenvalue weighted by molar-refractivity contribution is -0.125. The van der Waals surface area contributed by atoms with Crippen LogP contribution in [0.4, 0.5) is 0 Å². The lowest BCUT2D eigenvalue weighted by Gasteiger charge is -2.56. The van der Waals surface area contributed by atoms with E-state index >= 15 is 0 Å². The van der Waals surface area contributed by atoms with Crippen LogP contribution in [0.2, 0.25) is 0 Å². The normalized spacial score (nSPS) is 33.3. The van der Waals surface area contributed by atoms with E-state index in [1.807, 2.05) is 11.4 Å². The lowest BCUT2D eigenvalue weighted by atomic mass is 9.53. The Balaban J connectivity index is 1.31. The Morgan fingerprint density at radius 3 is 2.40 bits per heavy atom. The van der Waals surface area contributed by atoms with Crippen LogP contribution in [-0.2, 0) is 4.79 Å². The van der Waals surface area contributed by atoms with Crippen molar-refractivity contribution in [1.29, 1.82) is 0 Å². The van der Waals surface area contributed by atoms with Gasteiger partial charge in [0.25, 0.3) is 5.91 Å². The average molecular weight is 359 g/mol. The molecule has 134 valence electrons. The first-order chi connectivity index (χ1) is 12.0. The summed E-state index contributed by atoms with van der Waals surface area (Å²) in [6, 6.07) is 3.58. The summed E-state index contributed by atoms with van der Waals surface area (Å²) in [6.07, 6.45) is 7.79. The van der Waals surface area contributed by atoms with Crippen LogP contribution in [0.5, 0.6) is 0 Å². The van der Waals surface area contributed by atoms with Gasteiger partial charge in [-0.05, 0) is 74.6 Å². The maximum Gasteiger partial charge on any atom is 0.281 e. The van der Waals surface area contributed by atoms with Crippen LogP contribution < -0.4 is 10.7 Å². The molecule has 4 bridgehead atoms. The first-order valence-electron chi connectivity index (χ1n) is 9.19. The largest absolute Gasteiger partial charge is 0.350 e. The number of thiophene rings is 1. The fraction of sp³-hybridized carbons (Fsp3) is 0.632. The number of nitrogens with zero attached hydrogens (tertiary/aromatic N) is 1. The topological polar surface area (TPSA) is 70.6 Å². The molecule has 0 atom stereocenters. The highest BCUT2D eigenvalue weighted by molar-refractivity contribution is 7.12. The second-order valence-corrected chi connectivity index (χ2v) is 9.14. The van der Waals surface area contributed by atoms with Crippen molar-refractivity contribution in [3.05, 3.63) is 22.4 Å². The van der Waals surface area contributed by atoms with Gasteiger partial charge < -0.3 is 5.32 Å². The van der Waals surface area contributed by atoms with Gasteiger partial charge in [0.2, 0.25) is 5.91 Å². The molecule has 4 aliphatic rings. The molecular weight excluding hydrogens is 334 g/mol. The SMILES string of the molecule is CC(CC(=O)NC12CC3CC(CC(C3)C1)C2)=NNC(=O)c1cccs1. The molecule has 0 unspecified atom stereocenters. The molecule has 4 saturated carbocycles. The van der Waals surface area contributed by atoms with E-state index in [0.29, 0.717) is 10.6 Å². The Labute approximate surface area is 152 Å². The average Bonchev–Trinajstić information content (AvgIpc) is 3.05. The van der Waals surface area contributed by atoms with E-state index in [-0.39, 0.29) is 23.8 Å². The van der Waals surface area contributed by atoms with Crippen molar-refractivity contribution >= 4 is 28.9 Å². The molecule has 5 nitrogen and oxygen atoms in total. The van der Waals surface area contributed by atoms with E-state index < -0.39 is 0 Å². The van der Waals surface area contributed by atoms with Crippen LogP contribution in [0.3, 0.4) is 0 Å². The van der Waals surface area contributed by atoms with E-state index in [9.17, 15) is 9.59 Å². The van der Waals surface area contributed by atoms with Crippen LogP contribution in [0.25, 0.3) is 0 Å². The molecule has 0 aromatic carbocycles. The Bertz CT molecular complexity index is 660. The Morgan fingerprint density at radius 2 is 1.84 bits per heavy atom. The second-order valence-electron chi connectivity index (χ2n) is 8.19. The predicted octanol–water partition coefficient (Wildman–Crippen LogP) is 3.33. The molecule has 0 spiro atoms. The van der Waals surface area contributed by atoms with Gasteiger partial charge in [0, 0.05) is 11.3 Å². The zero-order valence-electron chi connectivity index (χ0n) is 14.6. The number of carbonyl (C=O) groups excluding carboxylic acids is 2. The van der Waals surface area contributed by atoms with Crippen molar-refractivity contribution < 1.29 is 9.59 Å². The summed E-state index contributed by atoms with van der Waals surface area (Å²) in [5.41, 5.74) is 3.19. The minimum Gasteiger partial charge on any atom is -0.350 e. The number of amides is 2. The van der Waals surface area contributed by atoms with Crippen molar-refractivity contribution in [2.24, 2.45) is 22.9 Å². The summed E-state index contributed by atoms with van der Waals surface area (Å²) >= 11 is 1.37. The highest BCUT2D eigenvalue weighted by Gasteiger charge is 2.51. The van der Waals surface area contributed by atoms with Gasteiger partial charge in [-0.15, -0.1) is 11.3 Å². The van der Waals surface area contributed by atoms with Crippen LogP contribution in [0, 0.1) is 17.8 Å². The van der Waals surface area contributed by atoms with Gasteiger partial charge in [0.1, 0.15) is 0 Å². The number of nitrogens with one attached hydrogen (secondary N) is 2. The van der Waals surface area contributed by atoms with E-state index in [4.69, 9.17) is 0 Å². The Morgan fingerprint density at radius 1 is 1.20 bits per heavy atom. The van der Waals surface area contributed by atoms with Gasteiger partial charge in [0.15, 0.2) is 0 Å². The molecule has 0 saturated heterocycles. The second kappa shape index (κ2) is 6.56. The van der Waals surface area contributed by atoms with Crippen molar-refractivity contribution in [3.63, 3.8) is 0 Å². The van der Waals surface area contributed by atoms with Gasteiger partial charge >= 0.3 is 0 Å². The van der Waals surface area contributed by atoms with E-state index in [1.54, 1.807) is 13.0 Å². The molecule has 4 fully saturated rings. The van der Waals surface area contributed by atoms with Crippen LogP contribution in [0.1, 0.15) is 61.5 Å². The number of carbonyl (C=O) groups is 2. The fourth-order valence-corrected chi connectivity index (χ4v) is 6.10. The quantitative estimate of drug-likeness (QED) is 0.625. The zero-order chi connectivity index (χ0) is 17.4. The van der Waals surface area contributed by atoms with Crippen molar-refractivity contribution in [2.45, 2.75) is 57.4 Å². The molecule has 6 heteroatoms. The van der Waals surface area contributed by atoms with E-state index in [0.717, 1.165) is 37.0 Å². The molecular formula is C19H25N3O2S. The molecule has 2 N–H and O–H groups in total. The standard InChI is InChI=1S/C19H25N3O2S/c1-12(21-22-18(24)16-3-2-4-25-16)5-17(23)20-19-9-13-6-14(10-19)8-15(7-13)11-19/h2-4,13-15H,5-11H2,1H3,(H,20,23)(H,22,24). The molecule has 4 aliphatic carbocycles. The third kappa shape index (κ3) is 3.64. The van der Waals surface area contributed by atoms with E-state index in [2.05, 4.69) is 15.8 Å². The maximum atomic E-state index is 12.5. The smallest absolute Gasteiger partial charge is 0.281 e. The summed E-state index contributed by atoms with van der Waals surface area (Å²) in [5, 5.41) is 9.27. The van der Waals surface area contributed by atoms with Crippen molar-refractivity contribution in [1.82, 2.24) is 10.7 Å². The molecule has 5 rings (SSSR count). The third-order valence-corrected chi connectivity index (χ3v) is 6.82. The highest BCUT2D eigenvalue weighted by atomic mass is 32.1. The van der Waals surface area contributed by atoms with E-state index in [1.165, 1.54) is 30.6 Å². The van der Waals surface area contributed by atoms with Gasteiger partial charge in [-0.2, -0.15) is 5.10 Å². The number of hydrogen-bond acceptors (Lipinski definition) is 4. The minimum absolute atomic E-state index is 0.0341. The number of hydrazone groups is 1. The number of hydrogen-bond donors (Lipinski definition) is 2. The molecule has 1 aromatic rings.